The molecule has 0 spiro atoms. The summed E-state index contributed by atoms with van der Waals surface area (Å²) in [5.41, 5.74) is 0.445. The van der Waals surface area contributed by atoms with Gasteiger partial charge < -0.3 is 10.4 Å². The summed E-state index contributed by atoms with van der Waals surface area (Å²) in [7, 11) is 0. The van der Waals surface area contributed by atoms with Crippen molar-refractivity contribution < 1.29 is 14.3 Å². The number of halogens is 1. The van der Waals surface area contributed by atoms with Crippen LogP contribution in [0.2, 0.25) is 0 Å². The fourth-order valence-corrected chi connectivity index (χ4v) is 1.87. The highest BCUT2D eigenvalue weighted by Crippen LogP contribution is 2.15. The lowest BCUT2D eigenvalue weighted by atomic mass is 10.3. The smallest absolute Gasteiger partial charge is 0.234 e. The van der Waals surface area contributed by atoms with Gasteiger partial charge in [0.05, 0.1) is 11.9 Å². The van der Waals surface area contributed by atoms with Gasteiger partial charge in [-0.2, -0.15) is 0 Å². The third-order valence-electron chi connectivity index (χ3n) is 2.27. The molecule has 3 nitrogen and oxygen atoms in total. The van der Waals surface area contributed by atoms with Gasteiger partial charge in [0.1, 0.15) is 5.82 Å². The number of aliphatic hydroxyl groups excluding tert-OH is 1. The minimum absolute atomic E-state index is 0.00624. The summed E-state index contributed by atoms with van der Waals surface area (Å²) in [5, 5.41) is 11.8. The average molecular weight is 257 g/mol. The van der Waals surface area contributed by atoms with Crippen molar-refractivity contribution in [1.82, 2.24) is 0 Å². The van der Waals surface area contributed by atoms with Crippen LogP contribution in [0.3, 0.4) is 0 Å². The quantitative estimate of drug-likeness (QED) is 0.850. The molecule has 0 fully saturated rings. The van der Waals surface area contributed by atoms with Gasteiger partial charge in [-0.15, -0.1) is 11.8 Å². The van der Waals surface area contributed by atoms with E-state index in [9.17, 15) is 14.3 Å². The average Bonchev–Trinajstić information content (AvgIpc) is 2.25. The predicted molar refractivity (Wildman–Crippen MR) is 68.6 cm³/mol. The second kappa shape index (κ2) is 6.61. The lowest BCUT2D eigenvalue weighted by Crippen LogP contribution is -2.20. The molecular formula is C12H16FNO2S. The third-order valence-corrected chi connectivity index (χ3v) is 3.61. The number of nitrogens with one attached hydrogen (secondary N) is 1. The number of carbonyl (C=O) groups excluding carboxylic acids is 1. The summed E-state index contributed by atoms with van der Waals surface area (Å²) in [6.45, 7) is 3.53. The fourth-order valence-electron chi connectivity index (χ4n) is 1.11. The van der Waals surface area contributed by atoms with Gasteiger partial charge in [-0.3, -0.25) is 4.79 Å². The van der Waals surface area contributed by atoms with E-state index in [0.29, 0.717) is 5.69 Å². The van der Waals surface area contributed by atoms with Crippen LogP contribution in [0, 0.1) is 5.82 Å². The molecule has 1 aromatic carbocycles. The van der Waals surface area contributed by atoms with Crippen LogP contribution in [0.5, 0.6) is 0 Å². The predicted octanol–water partition coefficient (Wildman–Crippen LogP) is 2.27. The Labute approximate surface area is 104 Å². The number of hydrogen-bond donors (Lipinski definition) is 2. The number of amides is 1. The van der Waals surface area contributed by atoms with Gasteiger partial charge >= 0.3 is 0 Å². The molecule has 0 heterocycles. The summed E-state index contributed by atoms with van der Waals surface area (Å²) in [6, 6.07) is 5.75. The van der Waals surface area contributed by atoms with Crippen molar-refractivity contribution in [3.05, 3.63) is 30.1 Å². The molecule has 0 aliphatic heterocycles. The first kappa shape index (κ1) is 14.0. The van der Waals surface area contributed by atoms with Gasteiger partial charge in [-0.1, -0.05) is 13.0 Å². The Morgan fingerprint density at radius 1 is 1.53 bits per heavy atom. The first-order valence-electron chi connectivity index (χ1n) is 5.34. The summed E-state index contributed by atoms with van der Waals surface area (Å²) in [4.78, 5) is 11.5. The molecule has 0 saturated carbocycles. The maximum atomic E-state index is 12.8. The standard InChI is InChI=1S/C12H16FNO2S/c1-8(15)9(2)17-7-12(16)14-11-5-3-4-10(13)6-11/h3-6,8-9,15H,7H2,1-2H3,(H,14,16). The highest BCUT2D eigenvalue weighted by atomic mass is 32.2. The number of hydrogen-bond acceptors (Lipinski definition) is 3. The van der Waals surface area contributed by atoms with E-state index in [1.807, 2.05) is 6.92 Å². The van der Waals surface area contributed by atoms with E-state index in [-0.39, 0.29) is 22.7 Å². The molecule has 0 aliphatic rings. The number of carbonyl (C=O) groups is 1. The topological polar surface area (TPSA) is 49.3 Å². The van der Waals surface area contributed by atoms with Crippen LogP contribution < -0.4 is 5.32 Å². The SMILES string of the molecule is CC(O)C(C)SCC(=O)Nc1cccc(F)c1. The molecule has 1 rings (SSSR count). The van der Waals surface area contributed by atoms with Crippen LogP contribution in [0.25, 0.3) is 0 Å². The Hall–Kier alpha value is -1.07. The molecule has 1 aromatic rings. The molecule has 1 amide bonds. The lowest BCUT2D eigenvalue weighted by molar-refractivity contribution is -0.113. The highest BCUT2D eigenvalue weighted by Gasteiger charge is 2.11. The van der Waals surface area contributed by atoms with Gasteiger partial charge in [-0.05, 0) is 25.1 Å². The minimum atomic E-state index is -0.457. The molecule has 2 N–H and O–H groups in total. The number of aliphatic hydroxyl groups is 1. The minimum Gasteiger partial charge on any atom is -0.392 e. The molecule has 0 saturated heterocycles. The Balaban J connectivity index is 2.40. The van der Waals surface area contributed by atoms with Gasteiger partial charge in [-0.25, -0.2) is 4.39 Å². The van der Waals surface area contributed by atoms with Crippen molar-refractivity contribution in [3.8, 4) is 0 Å². The molecule has 2 unspecified atom stereocenters. The maximum absolute atomic E-state index is 12.8. The monoisotopic (exact) mass is 257 g/mol. The molecule has 17 heavy (non-hydrogen) atoms. The largest absolute Gasteiger partial charge is 0.392 e. The zero-order valence-corrected chi connectivity index (χ0v) is 10.6. The number of anilines is 1. The van der Waals surface area contributed by atoms with Crippen LogP contribution in [-0.2, 0) is 4.79 Å². The molecule has 0 aliphatic carbocycles. The second-order valence-corrected chi connectivity index (χ2v) is 5.18. The molecule has 0 aromatic heterocycles. The van der Waals surface area contributed by atoms with Crippen LogP contribution in [-0.4, -0.2) is 28.1 Å². The van der Waals surface area contributed by atoms with Crippen molar-refractivity contribution >= 4 is 23.4 Å². The maximum Gasteiger partial charge on any atom is 0.234 e. The van der Waals surface area contributed by atoms with Crippen molar-refractivity contribution in [2.24, 2.45) is 0 Å². The van der Waals surface area contributed by atoms with Crippen LogP contribution in [0.1, 0.15) is 13.8 Å². The summed E-state index contributed by atoms with van der Waals surface area (Å²) >= 11 is 1.36. The first-order valence-corrected chi connectivity index (χ1v) is 6.39. The number of thioether (sulfide) groups is 1. The van der Waals surface area contributed by atoms with E-state index in [1.165, 1.54) is 30.0 Å². The van der Waals surface area contributed by atoms with Crippen LogP contribution >= 0.6 is 11.8 Å². The Kier molecular flexibility index (Phi) is 5.44. The summed E-state index contributed by atoms with van der Waals surface area (Å²) in [6.07, 6.45) is -0.457. The van der Waals surface area contributed by atoms with Crippen LogP contribution in [0.15, 0.2) is 24.3 Å². The van der Waals surface area contributed by atoms with Crippen LogP contribution in [0.4, 0.5) is 10.1 Å². The Bertz CT molecular complexity index is 385. The van der Waals surface area contributed by atoms with Gasteiger partial charge in [0.15, 0.2) is 0 Å². The third kappa shape index (κ3) is 5.19. The number of benzene rings is 1. The molecule has 94 valence electrons. The number of rotatable bonds is 5. The van der Waals surface area contributed by atoms with Gasteiger partial charge in [0, 0.05) is 10.9 Å². The second-order valence-electron chi connectivity index (χ2n) is 3.82. The van der Waals surface area contributed by atoms with E-state index in [1.54, 1.807) is 13.0 Å². The molecule has 5 heteroatoms. The van der Waals surface area contributed by atoms with E-state index >= 15 is 0 Å². The summed E-state index contributed by atoms with van der Waals surface area (Å²) < 4.78 is 12.8. The van der Waals surface area contributed by atoms with E-state index < -0.39 is 6.10 Å². The van der Waals surface area contributed by atoms with Crippen molar-refractivity contribution in [3.63, 3.8) is 0 Å². The lowest BCUT2D eigenvalue weighted by Gasteiger charge is -2.13. The van der Waals surface area contributed by atoms with Crippen molar-refractivity contribution in [2.45, 2.75) is 25.2 Å². The fraction of sp³-hybridized carbons (Fsp3) is 0.417. The Morgan fingerprint density at radius 2 is 2.24 bits per heavy atom. The molecule has 0 bridgehead atoms. The van der Waals surface area contributed by atoms with E-state index in [2.05, 4.69) is 5.32 Å². The highest BCUT2D eigenvalue weighted by molar-refractivity contribution is 8.00. The zero-order chi connectivity index (χ0) is 12.8. The summed E-state index contributed by atoms with van der Waals surface area (Å²) in [5.74, 6) is -0.344. The van der Waals surface area contributed by atoms with Gasteiger partial charge in [0.2, 0.25) is 5.91 Å². The normalized spacial score (nSPS) is 14.1. The van der Waals surface area contributed by atoms with E-state index in [4.69, 9.17) is 0 Å². The van der Waals surface area contributed by atoms with E-state index in [0.717, 1.165) is 0 Å². The van der Waals surface area contributed by atoms with Gasteiger partial charge in [0.25, 0.3) is 0 Å². The van der Waals surface area contributed by atoms with Crippen molar-refractivity contribution in [2.75, 3.05) is 11.1 Å². The Morgan fingerprint density at radius 3 is 2.82 bits per heavy atom. The molecule has 2 atom stereocenters. The molecule has 0 radical (unpaired) electrons. The first-order chi connectivity index (χ1) is 7.99. The van der Waals surface area contributed by atoms with Crippen molar-refractivity contribution in [1.29, 1.82) is 0 Å². The molecular weight excluding hydrogens is 241 g/mol. The zero-order valence-electron chi connectivity index (χ0n) is 9.81.